The molecular weight excluding hydrogens is 245 g/mol. The predicted octanol–water partition coefficient (Wildman–Crippen LogP) is 2.01. The molecule has 1 atom stereocenters. The second kappa shape index (κ2) is 4.75. The van der Waals surface area contributed by atoms with Gasteiger partial charge in [-0.3, -0.25) is 10.1 Å². The number of nitro benzene ring substituents is 1. The summed E-state index contributed by atoms with van der Waals surface area (Å²) < 4.78 is 17.0. The Kier molecular flexibility index (Phi) is 3.62. The number of ether oxygens (including phenoxy) is 1. The molecule has 0 saturated heterocycles. The fourth-order valence-electron chi connectivity index (χ4n) is 0.858. The number of nitrogens with zero attached hydrogens (tertiary/aromatic N) is 1. The van der Waals surface area contributed by atoms with Crippen molar-refractivity contribution in [2.24, 2.45) is 0 Å². The van der Waals surface area contributed by atoms with Crippen molar-refractivity contribution in [3.63, 3.8) is 0 Å². The van der Waals surface area contributed by atoms with Gasteiger partial charge in [0.2, 0.25) is 0 Å². The third kappa shape index (κ3) is 2.80. The lowest BCUT2D eigenvalue weighted by atomic mass is 10.3. The van der Waals surface area contributed by atoms with Crippen LogP contribution >= 0.6 is 11.6 Å². The summed E-state index contributed by atoms with van der Waals surface area (Å²) >= 11 is 5.54. The Morgan fingerprint density at radius 2 is 2.25 bits per heavy atom. The molecule has 1 unspecified atom stereocenters. The fourth-order valence-corrected chi connectivity index (χ4v) is 1.02. The summed E-state index contributed by atoms with van der Waals surface area (Å²) in [6.45, 7) is 0. The first-order valence-corrected chi connectivity index (χ1v) is 4.27. The van der Waals surface area contributed by atoms with Crippen LogP contribution in [0, 0.1) is 10.1 Å². The summed E-state index contributed by atoms with van der Waals surface area (Å²) in [4.78, 5) is 19.8. The Morgan fingerprint density at radius 3 is 2.75 bits per heavy atom. The zero-order chi connectivity index (χ0) is 12.3. The van der Waals surface area contributed by atoms with Crippen molar-refractivity contribution in [3.05, 3.63) is 33.3 Å². The number of carboxylic acids is 1. The maximum Gasteiger partial charge on any atom is 0.378 e. The average Bonchev–Trinajstić information content (AvgIpc) is 2.20. The van der Waals surface area contributed by atoms with Crippen LogP contribution in [0.3, 0.4) is 0 Å². The molecular formula is C8H5ClFNO5. The molecule has 86 valence electrons. The number of carboxylic acid groups (broad SMARTS) is 1. The fraction of sp³-hybridized carbons (Fsp3) is 0.125. The van der Waals surface area contributed by atoms with Gasteiger partial charge in [-0.25, -0.2) is 4.79 Å². The summed E-state index contributed by atoms with van der Waals surface area (Å²) in [5, 5.41) is 18.5. The predicted molar refractivity (Wildman–Crippen MR) is 51.3 cm³/mol. The molecule has 0 bridgehead atoms. The van der Waals surface area contributed by atoms with Crippen LogP contribution < -0.4 is 4.74 Å². The van der Waals surface area contributed by atoms with Crippen molar-refractivity contribution >= 4 is 23.3 Å². The van der Waals surface area contributed by atoms with Crippen molar-refractivity contribution in [3.8, 4) is 5.75 Å². The highest BCUT2D eigenvalue weighted by atomic mass is 35.5. The van der Waals surface area contributed by atoms with E-state index < -0.39 is 23.0 Å². The summed E-state index contributed by atoms with van der Waals surface area (Å²) in [5.41, 5.74) is -0.378. The summed E-state index contributed by atoms with van der Waals surface area (Å²) in [5.74, 6) is -2.24. The van der Waals surface area contributed by atoms with Gasteiger partial charge in [0, 0.05) is 6.07 Å². The number of alkyl halides is 1. The van der Waals surface area contributed by atoms with Crippen molar-refractivity contribution in [1.29, 1.82) is 0 Å². The molecule has 8 heteroatoms. The van der Waals surface area contributed by atoms with Gasteiger partial charge in [-0.1, -0.05) is 11.6 Å². The molecule has 0 spiro atoms. The third-order valence-corrected chi connectivity index (χ3v) is 1.86. The highest BCUT2D eigenvalue weighted by molar-refractivity contribution is 6.32. The van der Waals surface area contributed by atoms with E-state index in [2.05, 4.69) is 4.74 Å². The van der Waals surface area contributed by atoms with E-state index >= 15 is 0 Å². The first kappa shape index (κ1) is 12.2. The van der Waals surface area contributed by atoms with Gasteiger partial charge in [-0.2, -0.15) is 4.39 Å². The maximum absolute atomic E-state index is 12.7. The summed E-state index contributed by atoms with van der Waals surface area (Å²) in [6.07, 6.45) is -2.63. The van der Waals surface area contributed by atoms with E-state index in [4.69, 9.17) is 16.7 Å². The van der Waals surface area contributed by atoms with E-state index in [0.29, 0.717) is 0 Å². The van der Waals surface area contributed by atoms with Crippen LogP contribution in [0.2, 0.25) is 5.02 Å². The minimum atomic E-state index is -2.63. The lowest BCUT2D eigenvalue weighted by Crippen LogP contribution is -2.21. The van der Waals surface area contributed by atoms with E-state index in [1.807, 2.05) is 0 Å². The number of halogens is 2. The molecule has 1 N–H and O–H groups in total. The van der Waals surface area contributed by atoms with Gasteiger partial charge in [0.25, 0.3) is 5.69 Å². The van der Waals surface area contributed by atoms with E-state index in [1.165, 1.54) is 0 Å². The van der Waals surface area contributed by atoms with Crippen molar-refractivity contribution in [2.75, 3.05) is 0 Å². The Labute approximate surface area is 93.4 Å². The van der Waals surface area contributed by atoms with Gasteiger partial charge < -0.3 is 9.84 Å². The van der Waals surface area contributed by atoms with E-state index in [0.717, 1.165) is 18.2 Å². The molecule has 0 aromatic heterocycles. The largest absolute Gasteiger partial charge is 0.476 e. The number of carbonyl (C=O) groups is 1. The number of hydrogen-bond donors (Lipinski definition) is 1. The second-order valence-corrected chi connectivity index (χ2v) is 3.05. The van der Waals surface area contributed by atoms with Crippen LogP contribution in [-0.2, 0) is 4.79 Å². The first-order valence-electron chi connectivity index (χ1n) is 3.89. The highest BCUT2D eigenvalue weighted by Gasteiger charge is 2.20. The molecule has 1 rings (SSSR count). The molecule has 0 fully saturated rings. The number of rotatable bonds is 4. The number of aliphatic carboxylic acids is 1. The molecule has 1 aromatic carbocycles. The lowest BCUT2D eigenvalue weighted by molar-refractivity contribution is -0.385. The zero-order valence-corrected chi connectivity index (χ0v) is 8.35. The normalized spacial score (nSPS) is 11.9. The first-order chi connectivity index (χ1) is 7.41. The van der Waals surface area contributed by atoms with E-state index in [-0.39, 0.29) is 10.7 Å². The molecule has 0 amide bonds. The van der Waals surface area contributed by atoms with Gasteiger partial charge in [-0.05, 0) is 6.07 Å². The molecule has 0 saturated carbocycles. The van der Waals surface area contributed by atoms with Gasteiger partial charge >= 0.3 is 12.3 Å². The summed E-state index contributed by atoms with van der Waals surface area (Å²) in [7, 11) is 0. The lowest BCUT2D eigenvalue weighted by Gasteiger charge is -2.08. The third-order valence-electron chi connectivity index (χ3n) is 1.55. The smallest absolute Gasteiger partial charge is 0.378 e. The van der Waals surface area contributed by atoms with E-state index in [9.17, 15) is 19.3 Å². The molecule has 0 radical (unpaired) electrons. The molecule has 0 aliphatic rings. The average molecular weight is 250 g/mol. The Morgan fingerprint density at radius 1 is 1.62 bits per heavy atom. The van der Waals surface area contributed by atoms with Gasteiger partial charge in [-0.15, -0.1) is 0 Å². The zero-order valence-electron chi connectivity index (χ0n) is 7.59. The Balaban J connectivity index is 2.98. The van der Waals surface area contributed by atoms with Gasteiger partial charge in [0.15, 0.2) is 0 Å². The topological polar surface area (TPSA) is 89.7 Å². The Hall–Kier alpha value is -1.89. The van der Waals surface area contributed by atoms with Crippen LogP contribution in [0.25, 0.3) is 0 Å². The molecule has 0 heterocycles. The standard InChI is InChI=1S/C8H5ClFNO5/c9-5-2-1-4(11(14)15)3-6(5)16-7(10)8(12)13/h1-3,7H,(H,12,13). The SMILES string of the molecule is O=C(O)C(F)Oc1cc([N+](=O)[O-])ccc1Cl. The molecule has 16 heavy (non-hydrogen) atoms. The van der Waals surface area contributed by atoms with Gasteiger partial charge in [0.05, 0.1) is 16.0 Å². The second-order valence-electron chi connectivity index (χ2n) is 2.64. The maximum atomic E-state index is 12.7. The van der Waals surface area contributed by atoms with Crippen LogP contribution in [0.5, 0.6) is 5.75 Å². The van der Waals surface area contributed by atoms with Crippen LogP contribution in [-0.4, -0.2) is 22.4 Å². The number of benzene rings is 1. The van der Waals surface area contributed by atoms with Crippen molar-refractivity contribution in [2.45, 2.75) is 6.36 Å². The monoisotopic (exact) mass is 249 g/mol. The van der Waals surface area contributed by atoms with Crippen LogP contribution in [0.1, 0.15) is 0 Å². The number of nitro groups is 1. The Bertz CT molecular complexity index is 438. The summed E-state index contributed by atoms with van der Waals surface area (Å²) in [6, 6.07) is 3.05. The minimum Gasteiger partial charge on any atom is -0.476 e. The number of hydrogen-bond acceptors (Lipinski definition) is 4. The molecule has 6 nitrogen and oxygen atoms in total. The quantitative estimate of drug-likeness (QED) is 0.651. The van der Waals surface area contributed by atoms with Crippen LogP contribution in [0.15, 0.2) is 18.2 Å². The molecule has 0 aliphatic carbocycles. The highest BCUT2D eigenvalue weighted by Crippen LogP contribution is 2.29. The number of non-ortho nitro benzene ring substituents is 1. The van der Waals surface area contributed by atoms with Crippen molar-refractivity contribution in [1.82, 2.24) is 0 Å². The minimum absolute atomic E-state index is 0.116. The molecule has 1 aromatic rings. The molecule has 0 aliphatic heterocycles. The van der Waals surface area contributed by atoms with Crippen molar-refractivity contribution < 1.29 is 24.0 Å². The van der Waals surface area contributed by atoms with Crippen LogP contribution in [0.4, 0.5) is 10.1 Å². The van der Waals surface area contributed by atoms with E-state index in [1.54, 1.807) is 0 Å². The van der Waals surface area contributed by atoms with Gasteiger partial charge in [0.1, 0.15) is 5.75 Å².